The van der Waals surface area contributed by atoms with Gasteiger partial charge in [-0.25, -0.2) is 0 Å². The minimum Gasteiger partial charge on any atom is -0.481 e. The van der Waals surface area contributed by atoms with Crippen molar-refractivity contribution in [3.05, 3.63) is 35.9 Å². The van der Waals surface area contributed by atoms with Crippen LogP contribution < -0.4 is 5.32 Å². The van der Waals surface area contributed by atoms with Crippen LogP contribution in [0.5, 0.6) is 0 Å². The summed E-state index contributed by atoms with van der Waals surface area (Å²) in [6, 6.07) is 9.03. The SMILES string of the molecule is CC(NC(=O)[C@@H](C)c1ccccc1)C(C)C(=O)O. The molecular weight excluding hydrogens is 230 g/mol. The minimum absolute atomic E-state index is 0.151. The zero-order valence-corrected chi connectivity index (χ0v) is 10.9. The van der Waals surface area contributed by atoms with Gasteiger partial charge in [-0.2, -0.15) is 0 Å². The number of benzene rings is 1. The number of carbonyl (C=O) groups is 2. The van der Waals surface area contributed by atoms with E-state index in [4.69, 9.17) is 5.11 Å². The number of hydrogen-bond donors (Lipinski definition) is 2. The lowest BCUT2D eigenvalue weighted by atomic mass is 9.98. The first-order chi connectivity index (χ1) is 8.43. The fourth-order valence-electron chi connectivity index (χ4n) is 1.58. The van der Waals surface area contributed by atoms with Gasteiger partial charge in [0.15, 0.2) is 0 Å². The Morgan fingerprint density at radius 3 is 2.17 bits per heavy atom. The molecule has 2 N–H and O–H groups in total. The van der Waals surface area contributed by atoms with Gasteiger partial charge in [-0.15, -0.1) is 0 Å². The van der Waals surface area contributed by atoms with Crippen molar-refractivity contribution in [3.8, 4) is 0 Å². The number of aliphatic carboxylic acids is 1. The summed E-state index contributed by atoms with van der Waals surface area (Å²) in [5, 5.41) is 11.6. The minimum atomic E-state index is -0.907. The molecule has 1 rings (SSSR count). The smallest absolute Gasteiger partial charge is 0.308 e. The predicted molar refractivity (Wildman–Crippen MR) is 69.3 cm³/mol. The standard InChI is InChI=1S/C14H19NO3/c1-9(14(17)18)11(3)15-13(16)10(2)12-7-5-4-6-8-12/h4-11H,1-3H3,(H,15,16)(H,17,18)/t9?,10-,11?/m0/s1. The first kappa shape index (κ1) is 14.2. The number of carboxylic acids is 1. The Bertz CT molecular complexity index is 416. The third-order valence-corrected chi connectivity index (χ3v) is 3.20. The van der Waals surface area contributed by atoms with E-state index in [0.29, 0.717) is 0 Å². The largest absolute Gasteiger partial charge is 0.481 e. The number of hydrogen-bond acceptors (Lipinski definition) is 2. The molecule has 0 bridgehead atoms. The zero-order valence-electron chi connectivity index (χ0n) is 10.9. The summed E-state index contributed by atoms with van der Waals surface area (Å²) in [5.74, 6) is -1.94. The predicted octanol–water partition coefficient (Wildman–Crippen LogP) is 2.02. The first-order valence-electron chi connectivity index (χ1n) is 6.01. The molecule has 1 aromatic rings. The Hall–Kier alpha value is -1.84. The van der Waals surface area contributed by atoms with Crippen LogP contribution in [0.2, 0.25) is 0 Å². The van der Waals surface area contributed by atoms with Crippen LogP contribution in [0, 0.1) is 5.92 Å². The summed E-state index contributed by atoms with van der Waals surface area (Å²) in [6.07, 6.45) is 0. The van der Waals surface area contributed by atoms with Crippen molar-refractivity contribution in [2.24, 2.45) is 5.92 Å². The molecule has 4 heteroatoms. The van der Waals surface area contributed by atoms with Gasteiger partial charge in [0.25, 0.3) is 0 Å². The van der Waals surface area contributed by atoms with Gasteiger partial charge >= 0.3 is 5.97 Å². The van der Waals surface area contributed by atoms with Gasteiger partial charge in [-0.3, -0.25) is 9.59 Å². The van der Waals surface area contributed by atoms with Crippen molar-refractivity contribution in [1.82, 2.24) is 5.32 Å². The monoisotopic (exact) mass is 249 g/mol. The number of amides is 1. The number of nitrogens with one attached hydrogen (secondary N) is 1. The van der Waals surface area contributed by atoms with Gasteiger partial charge in [0.2, 0.25) is 5.91 Å². The molecule has 0 saturated heterocycles. The number of carboxylic acid groups (broad SMARTS) is 1. The van der Waals surface area contributed by atoms with Gasteiger partial charge in [0.05, 0.1) is 11.8 Å². The highest BCUT2D eigenvalue weighted by Gasteiger charge is 2.23. The van der Waals surface area contributed by atoms with E-state index in [-0.39, 0.29) is 17.9 Å². The lowest BCUT2D eigenvalue weighted by molar-refractivity contribution is -0.142. The third kappa shape index (κ3) is 3.58. The van der Waals surface area contributed by atoms with Crippen molar-refractivity contribution < 1.29 is 14.7 Å². The number of carbonyl (C=O) groups excluding carboxylic acids is 1. The Morgan fingerprint density at radius 1 is 1.11 bits per heavy atom. The van der Waals surface area contributed by atoms with E-state index in [0.717, 1.165) is 5.56 Å². The molecule has 18 heavy (non-hydrogen) atoms. The maximum absolute atomic E-state index is 12.0. The molecule has 0 aliphatic carbocycles. The summed E-state index contributed by atoms with van der Waals surface area (Å²) < 4.78 is 0. The average molecular weight is 249 g/mol. The van der Waals surface area contributed by atoms with Crippen molar-refractivity contribution in [1.29, 1.82) is 0 Å². The van der Waals surface area contributed by atoms with Crippen LogP contribution >= 0.6 is 0 Å². The molecule has 0 radical (unpaired) electrons. The van der Waals surface area contributed by atoms with E-state index in [1.807, 2.05) is 37.3 Å². The lowest BCUT2D eigenvalue weighted by Gasteiger charge is -2.20. The van der Waals surface area contributed by atoms with E-state index in [9.17, 15) is 9.59 Å². The fraction of sp³-hybridized carbons (Fsp3) is 0.429. The second-order valence-electron chi connectivity index (χ2n) is 4.56. The summed E-state index contributed by atoms with van der Waals surface area (Å²) in [6.45, 7) is 5.09. The maximum atomic E-state index is 12.0. The molecule has 0 aliphatic heterocycles. The molecule has 0 aliphatic rings. The maximum Gasteiger partial charge on any atom is 0.308 e. The summed E-state index contributed by atoms with van der Waals surface area (Å²) >= 11 is 0. The summed E-state index contributed by atoms with van der Waals surface area (Å²) in [5.41, 5.74) is 0.921. The molecule has 3 atom stereocenters. The van der Waals surface area contributed by atoms with Crippen LogP contribution in [0.15, 0.2) is 30.3 Å². The zero-order chi connectivity index (χ0) is 13.7. The van der Waals surface area contributed by atoms with Crippen molar-refractivity contribution in [3.63, 3.8) is 0 Å². The summed E-state index contributed by atoms with van der Waals surface area (Å²) in [4.78, 5) is 22.8. The summed E-state index contributed by atoms with van der Waals surface area (Å²) in [7, 11) is 0. The Morgan fingerprint density at radius 2 is 1.67 bits per heavy atom. The van der Waals surface area contributed by atoms with E-state index < -0.39 is 11.9 Å². The molecule has 1 amide bonds. The van der Waals surface area contributed by atoms with Gasteiger partial charge < -0.3 is 10.4 Å². The highest BCUT2D eigenvalue weighted by Crippen LogP contribution is 2.15. The molecule has 1 aromatic carbocycles. The van der Waals surface area contributed by atoms with Crippen LogP contribution in [-0.4, -0.2) is 23.0 Å². The van der Waals surface area contributed by atoms with Gasteiger partial charge in [-0.1, -0.05) is 30.3 Å². The lowest BCUT2D eigenvalue weighted by Crippen LogP contribution is -2.41. The Kier molecular flexibility index (Phi) is 4.89. The van der Waals surface area contributed by atoms with Gasteiger partial charge in [-0.05, 0) is 26.3 Å². The normalized spacial score (nSPS) is 15.5. The topological polar surface area (TPSA) is 66.4 Å². The fourth-order valence-corrected chi connectivity index (χ4v) is 1.58. The van der Waals surface area contributed by atoms with Crippen LogP contribution in [0.25, 0.3) is 0 Å². The van der Waals surface area contributed by atoms with E-state index in [2.05, 4.69) is 5.32 Å². The van der Waals surface area contributed by atoms with Gasteiger partial charge in [0, 0.05) is 6.04 Å². The third-order valence-electron chi connectivity index (χ3n) is 3.20. The van der Waals surface area contributed by atoms with E-state index in [1.54, 1.807) is 13.8 Å². The molecule has 0 fully saturated rings. The molecule has 4 nitrogen and oxygen atoms in total. The van der Waals surface area contributed by atoms with Crippen molar-refractivity contribution in [2.45, 2.75) is 32.7 Å². The second kappa shape index (κ2) is 6.19. The first-order valence-corrected chi connectivity index (χ1v) is 6.01. The highest BCUT2D eigenvalue weighted by atomic mass is 16.4. The molecule has 2 unspecified atom stereocenters. The van der Waals surface area contributed by atoms with Crippen LogP contribution in [0.3, 0.4) is 0 Å². The van der Waals surface area contributed by atoms with Crippen LogP contribution in [0.1, 0.15) is 32.3 Å². The van der Waals surface area contributed by atoms with Gasteiger partial charge in [0.1, 0.15) is 0 Å². The van der Waals surface area contributed by atoms with Crippen LogP contribution in [0.4, 0.5) is 0 Å². The van der Waals surface area contributed by atoms with E-state index >= 15 is 0 Å². The number of rotatable bonds is 5. The molecular formula is C14H19NO3. The van der Waals surface area contributed by atoms with Crippen LogP contribution in [-0.2, 0) is 9.59 Å². The average Bonchev–Trinajstić information content (AvgIpc) is 2.37. The Balaban J connectivity index is 2.63. The molecule has 0 spiro atoms. The van der Waals surface area contributed by atoms with E-state index in [1.165, 1.54) is 0 Å². The quantitative estimate of drug-likeness (QED) is 0.839. The molecule has 0 heterocycles. The van der Waals surface area contributed by atoms with Crippen molar-refractivity contribution >= 4 is 11.9 Å². The Labute approximate surface area is 107 Å². The highest BCUT2D eigenvalue weighted by molar-refractivity contribution is 5.84. The molecule has 0 aromatic heterocycles. The molecule has 0 saturated carbocycles. The second-order valence-corrected chi connectivity index (χ2v) is 4.56. The molecule has 98 valence electrons. The van der Waals surface area contributed by atoms with Crippen molar-refractivity contribution in [2.75, 3.05) is 0 Å².